The van der Waals surface area contributed by atoms with E-state index in [4.69, 9.17) is 9.47 Å². The first-order valence-corrected chi connectivity index (χ1v) is 5.32. The molecular weight excluding hydrogens is 227 g/mol. The molecule has 0 radical (unpaired) electrons. The normalized spacial score (nSPS) is 14.4. The average Bonchev–Trinajstić information content (AvgIpc) is 2.26. The molecule has 0 aromatic heterocycles. The number of aliphatic hydroxyl groups excluding tert-OH is 2. The molecule has 5 heteroatoms. The molecule has 1 aromatic carbocycles. The highest BCUT2D eigenvalue weighted by atomic mass is 19.1. The first-order valence-electron chi connectivity index (χ1n) is 5.32. The highest BCUT2D eigenvalue weighted by Gasteiger charge is 2.12. The van der Waals surface area contributed by atoms with Crippen molar-refractivity contribution in [3.05, 3.63) is 29.6 Å². The van der Waals surface area contributed by atoms with Crippen LogP contribution >= 0.6 is 0 Å². The Labute approximate surface area is 99.6 Å². The lowest BCUT2D eigenvalue weighted by Gasteiger charge is -2.15. The van der Waals surface area contributed by atoms with Gasteiger partial charge in [-0.1, -0.05) is 0 Å². The summed E-state index contributed by atoms with van der Waals surface area (Å²) >= 11 is 0. The summed E-state index contributed by atoms with van der Waals surface area (Å²) in [5.74, 6) is -0.221. The maximum atomic E-state index is 13.0. The minimum atomic E-state index is -0.787. The summed E-state index contributed by atoms with van der Waals surface area (Å²) in [5.41, 5.74) is 0.482. The molecule has 0 amide bonds. The molecule has 2 N–H and O–H groups in total. The van der Waals surface area contributed by atoms with Crippen molar-refractivity contribution in [2.45, 2.75) is 19.1 Å². The molecule has 0 aliphatic carbocycles. The molecule has 0 heterocycles. The van der Waals surface area contributed by atoms with Crippen LogP contribution in [0.25, 0.3) is 0 Å². The number of benzene rings is 1. The SMILES string of the molecule is COCC(O)COc1cc(F)ccc1C(C)O. The largest absolute Gasteiger partial charge is 0.490 e. The zero-order valence-corrected chi connectivity index (χ0v) is 9.89. The van der Waals surface area contributed by atoms with Crippen molar-refractivity contribution < 1.29 is 24.1 Å². The number of ether oxygens (including phenoxy) is 2. The molecule has 0 saturated carbocycles. The Kier molecular flexibility index (Phi) is 5.34. The van der Waals surface area contributed by atoms with Crippen LogP contribution in [-0.2, 0) is 4.74 Å². The Morgan fingerprint density at radius 3 is 2.59 bits per heavy atom. The van der Waals surface area contributed by atoms with Gasteiger partial charge >= 0.3 is 0 Å². The summed E-state index contributed by atoms with van der Waals surface area (Å²) in [6.45, 7) is 1.68. The lowest BCUT2D eigenvalue weighted by molar-refractivity contribution is 0.0316. The van der Waals surface area contributed by atoms with Crippen LogP contribution in [-0.4, -0.2) is 36.6 Å². The predicted molar refractivity (Wildman–Crippen MR) is 60.4 cm³/mol. The van der Waals surface area contributed by atoms with E-state index in [9.17, 15) is 14.6 Å². The summed E-state index contributed by atoms with van der Waals surface area (Å²) in [6, 6.07) is 3.89. The monoisotopic (exact) mass is 244 g/mol. The second-order valence-corrected chi connectivity index (χ2v) is 3.78. The molecule has 2 unspecified atom stereocenters. The number of rotatable bonds is 6. The number of halogens is 1. The molecule has 0 bridgehead atoms. The maximum Gasteiger partial charge on any atom is 0.128 e. The van der Waals surface area contributed by atoms with E-state index in [1.165, 1.54) is 25.3 Å². The quantitative estimate of drug-likeness (QED) is 0.791. The third-order valence-corrected chi connectivity index (χ3v) is 2.22. The van der Waals surface area contributed by atoms with Gasteiger partial charge in [-0.2, -0.15) is 0 Å². The zero-order valence-electron chi connectivity index (χ0n) is 9.89. The number of methoxy groups -OCH3 is 1. The number of aliphatic hydroxyl groups is 2. The van der Waals surface area contributed by atoms with E-state index < -0.39 is 18.0 Å². The highest BCUT2D eigenvalue weighted by molar-refractivity contribution is 5.35. The minimum absolute atomic E-state index is 0.0169. The highest BCUT2D eigenvalue weighted by Crippen LogP contribution is 2.26. The number of hydrogen-bond donors (Lipinski definition) is 2. The molecule has 2 atom stereocenters. The van der Waals surface area contributed by atoms with Gasteiger partial charge in [-0.3, -0.25) is 0 Å². The Morgan fingerprint density at radius 2 is 2.00 bits per heavy atom. The Balaban J connectivity index is 2.71. The van der Waals surface area contributed by atoms with Crippen LogP contribution in [0, 0.1) is 5.82 Å². The lowest BCUT2D eigenvalue weighted by atomic mass is 10.1. The maximum absolute atomic E-state index is 13.0. The Bertz CT molecular complexity index is 354. The molecule has 0 fully saturated rings. The summed E-state index contributed by atoms with van der Waals surface area (Å²) in [7, 11) is 1.46. The molecule has 0 spiro atoms. The number of hydrogen-bond acceptors (Lipinski definition) is 4. The molecule has 0 aliphatic rings. The third kappa shape index (κ3) is 4.30. The van der Waals surface area contributed by atoms with Gasteiger partial charge in [0.1, 0.15) is 24.3 Å². The van der Waals surface area contributed by atoms with Crippen molar-refractivity contribution in [3.8, 4) is 5.75 Å². The van der Waals surface area contributed by atoms with Gasteiger partial charge in [-0.25, -0.2) is 4.39 Å². The van der Waals surface area contributed by atoms with Gasteiger partial charge in [0.25, 0.3) is 0 Å². The van der Waals surface area contributed by atoms with Gasteiger partial charge < -0.3 is 19.7 Å². The van der Waals surface area contributed by atoms with Crippen LogP contribution in [0.15, 0.2) is 18.2 Å². The van der Waals surface area contributed by atoms with Gasteiger partial charge in [0.15, 0.2) is 0 Å². The molecule has 4 nitrogen and oxygen atoms in total. The van der Waals surface area contributed by atoms with E-state index in [1.807, 2.05) is 0 Å². The zero-order chi connectivity index (χ0) is 12.8. The molecule has 17 heavy (non-hydrogen) atoms. The van der Waals surface area contributed by atoms with E-state index in [2.05, 4.69) is 0 Å². The van der Waals surface area contributed by atoms with Crippen molar-refractivity contribution in [2.24, 2.45) is 0 Å². The second kappa shape index (κ2) is 6.54. The van der Waals surface area contributed by atoms with Gasteiger partial charge in [-0.05, 0) is 19.1 Å². The van der Waals surface area contributed by atoms with Gasteiger partial charge in [0.05, 0.1) is 12.7 Å². The smallest absolute Gasteiger partial charge is 0.128 e. The standard InChI is InChI=1S/C12H17FO4/c1-8(14)11-4-3-9(13)5-12(11)17-7-10(15)6-16-2/h3-5,8,10,14-15H,6-7H2,1-2H3. The first kappa shape index (κ1) is 13.9. The Morgan fingerprint density at radius 1 is 1.29 bits per heavy atom. The molecule has 96 valence electrons. The van der Waals surface area contributed by atoms with E-state index in [1.54, 1.807) is 6.92 Å². The molecule has 0 aliphatic heterocycles. The topological polar surface area (TPSA) is 58.9 Å². The van der Waals surface area contributed by atoms with Crippen LogP contribution in [0.1, 0.15) is 18.6 Å². The first-order chi connectivity index (χ1) is 8.04. The van der Waals surface area contributed by atoms with E-state index in [0.717, 1.165) is 0 Å². The molecule has 1 rings (SSSR count). The van der Waals surface area contributed by atoms with E-state index in [0.29, 0.717) is 5.56 Å². The van der Waals surface area contributed by atoms with Crippen LogP contribution in [0.4, 0.5) is 4.39 Å². The van der Waals surface area contributed by atoms with Crippen molar-refractivity contribution in [1.29, 1.82) is 0 Å². The van der Waals surface area contributed by atoms with Crippen molar-refractivity contribution in [1.82, 2.24) is 0 Å². The average molecular weight is 244 g/mol. The van der Waals surface area contributed by atoms with Crippen LogP contribution < -0.4 is 4.74 Å². The predicted octanol–water partition coefficient (Wildman–Crippen LogP) is 1.27. The van der Waals surface area contributed by atoms with Crippen molar-refractivity contribution >= 4 is 0 Å². The summed E-state index contributed by atoms with van der Waals surface area (Å²) in [5, 5.41) is 18.9. The Hall–Kier alpha value is -1.17. The van der Waals surface area contributed by atoms with Crippen LogP contribution in [0.5, 0.6) is 5.75 Å². The fraction of sp³-hybridized carbons (Fsp3) is 0.500. The summed E-state index contributed by atoms with van der Waals surface area (Å²) in [6.07, 6.45) is -1.55. The fourth-order valence-electron chi connectivity index (χ4n) is 1.40. The van der Waals surface area contributed by atoms with Crippen molar-refractivity contribution in [2.75, 3.05) is 20.3 Å². The fourth-order valence-corrected chi connectivity index (χ4v) is 1.40. The molecular formula is C12H17FO4. The third-order valence-electron chi connectivity index (χ3n) is 2.22. The van der Waals surface area contributed by atoms with E-state index >= 15 is 0 Å². The van der Waals surface area contributed by atoms with Crippen LogP contribution in [0.3, 0.4) is 0 Å². The van der Waals surface area contributed by atoms with Crippen molar-refractivity contribution in [3.63, 3.8) is 0 Å². The molecule has 0 saturated heterocycles. The summed E-state index contributed by atoms with van der Waals surface area (Å²) < 4.78 is 23.0. The molecule has 1 aromatic rings. The van der Waals surface area contributed by atoms with Gasteiger partial charge in [0, 0.05) is 18.7 Å². The second-order valence-electron chi connectivity index (χ2n) is 3.78. The van der Waals surface area contributed by atoms with E-state index in [-0.39, 0.29) is 19.0 Å². The lowest BCUT2D eigenvalue weighted by Crippen LogP contribution is -2.23. The van der Waals surface area contributed by atoms with Gasteiger partial charge in [0.2, 0.25) is 0 Å². The van der Waals surface area contributed by atoms with Gasteiger partial charge in [-0.15, -0.1) is 0 Å². The summed E-state index contributed by atoms with van der Waals surface area (Å²) in [4.78, 5) is 0. The van der Waals surface area contributed by atoms with Crippen LogP contribution in [0.2, 0.25) is 0 Å². The minimum Gasteiger partial charge on any atom is -0.490 e.